The number of carbonyl (C=O) groups excluding carboxylic acids is 2. The summed E-state index contributed by atoms with van der Waals surface area (Å²) in [6.07, 6.45) is 0.0175. The zero-order valence-electron chi connectivity index (χ0n) is 16.9. The van der Waals surface area contributed by atoms with E-state index in [1.165, 1.54) is 4.90 Å². The van der Waals surface area contributed by atoms with Crippen molar-refractivity contribution in [3.8, 4) is 0 Å². The summed E-state index contributed by atoms with van der Waals surface area (Å²) in [5.74, 6) is -0.807. The quantitative estimate of drug-likeness (QED) is 0.563. The van der Waals surface area contributed by atoms with Crippen LogP contribution in [0, 0.1) is 5.92 Å². The molecule has 0 spiro atoms. The first-order valence-corrected chi connectivity index (χ1v) is 11.5. The monoisotopic (exact) mass is 456 g/mol. The largest absolute Gasteiger partial charge is 0.444 e. The highest BCUT2D eigenvalue weighted by Gasteiger charge is 2.65. The van der Waals surface area contributed by atoms with E-state index in [1.54, 1.807) is 25.7 Å². The number of hydrogen-bond acceptors (Lipinski definition) is 3. The van der Waals surface area contributed by atoms with Gasteiger partial charge >= 0.3 is 16.3 Å². The van der Waals surface area contributed by atoms with Crippen molar-refractivity contribution in [1.82, 2.24) is 9.80 Å². The number of carbonyl (C=O) groups is 2. The maximum absolute atomic E-state index is 12.8. The first kappa shape index (κ1) is 22.6. The summed E-state index contributed by atoms with van der Waals surface area (Å²) < 4.78 is 69.4. The number of amides is 2. The number of nitrogens with zero attached hydrogens (tertiary/aromatic N) is 2. The summed E-state index contributed by atoms with van der Waals surface area (Å²) in [7, 11) is -9.69. The van der Waals surface area contributed by atoms with E-state index < -0.39 is 26.8 Å². The minimum atomic E-state index is -9.69. The predicted octanol–water partition coefficient (Wildman–Crippen LogP) is 5.53. The van der Waals surface area contributed by atoms with Crippen molar-refractivity contribution in [2.75, 3.05) is 26.2 Å². The van der Waals surface area contributed by atoms with Crippen molar-refractivity contribution >= 4 is 22.2 Å². The minimum absolute atomic E-state index is 0.138. The average Bonchev–Trinajstić information content (AvgIpc) is 3.39. The molecular weight excluding hydrogens is 431 g/mol. The molecule has 0 aromatic heterocycles. The zero-order chi connectivity index (χ0) is 22.6. The standard InChI is InChI=1S/C19H25F5N2O3S/c1-19(2,3)29-18(28)26-10-8-25(9-11-26)17(27)16-12-15(16)13-4-6-14(7-5-13)30(20,21,22,23)24/h4-7,15-16H,8-12H2,1-3H3. The van der Waals surface area contributed by atoms with Crippen LogP contribution in [-0.4, -0.2) is 53.6 Å². The van der Waals surface area contributed by atoms with Crippen LogP contribution in [0.15, 0.2) is 29.2 Å². The molecule has 1 aliphatic carbocycles. The summed E-state index contributed by atoms with van der Waals surface area (Å²) in [4.78, 5) is 26.0. The molecule has 2 fully saturated rings. The van der Waals surface area contributed by atoms with Gasteiger partial charge in [-0.1, -0.05) is 31.6 Å². The Morgan fingerprint density at radius 2 is 1.43 bits per heavy atom. The molecule has 2 aliphatic rings. The number of rotatable bonds is 3. The van der Waals surface area contributed by atoms with Gasteiger partial charge in [-0.3, -0.25) is 4.79 Å². The molecule has 3 rings (SSSR count). The zero-order valence-corrected chi connectivity index (χ0v) is 17.7. The first-order valence-electron chi connectivity index (χ1n) is 9.55. The lowest BCUT2D eigenvalue weighted by molar-refractivity contribution is -0.134. The number of ether oxygens (including phenoxy) is 1. The summed E-state index contributed by atoms with van der Waals surface area (Å²) in [5, 5.41) is 0. The van der Waals surface area contributed by atoms with Crippen molar-refractivity contribution in [2.24, 2.45) is 5.92 Å². The second-order valence-electron chi connectivity index (χ2n) is 8.78. The van der Waals surface area contributed by atoms with Gasteiger partial charge in [-0.25, -0.2) is 4.79 Å². The Bertz CT molecular complexity index is 844. The number of piperazine rings is 1. The van der Waals surface area contributed by atoms with Gasteiger partial charge in [-0.15, -0.1) is 0 Å². The molecule has 0 bridgehead atoms. The molecule has 2 unspecified atom stereocenters. The summed E-state index contributed by atoms with van der Waals surface area (Å²) in [6, 6.07) is 2.81. The normalized spacial score (nSPS) is 24.7. The molecule has 30 heavy (non-hydrogen) atoms. The van der Waals surface area contributed by atoms with Crippen LogP contribution >= 0.6 is 10.2 Å². The van der Waals surface area contributed by atoms with E-state index in [-0.39, 0.29) is 17.7 Å². The molecule has 1 aromatic rings. The second-order valence-corrected chi connectivity index (χ2v) is 11.2. The van der Waals surface area contributed by atoms with Crippen LogP contribution in [0.4, 0.5) is 24.2 Å². The third kappa shape index (κ3) is 5.35. The van der Waals surface area contributed by atoms with Gasteiger partial charge in [0.25, 0.3) is 0 Å². The van der Waals surface area contributed by atoms with Crippen molar-refractivity contribution < 1.29 is 33.8 Å². The first-order chi connectivity index (χ1) is 13.4. The molecule has 1 aliphatic heterocycles. The average molecular weight is 456 g/mol. The van der Waals surface area contributed by atoms with Crippen LogP contribution in [-0.2, 0) is 9.53 Å². The minimum Gasteiger partial charge on any atom is -0.444 e. The van der Waals surface area contributed by atoms with Gasteiger partial charge in [0.2, 0.25) is 5.91 Å². The Morgan fingerprint density at radius 1 is 0.933 bits per heavy atom. The van der Waals surface area contributed by atoms with E-state index in [2.05, 4.69) is 0 Å². The number of hydrogen-bond donors (Lipinski definition) is 0. The fourth-order valence-corrected chi connectivity index (χ4v) is 4.13. The molecule has 0 N–H and O–H groups in total. The van der Waals surface area contributed by atoms with Gasteiger partial charge in [-0.05, 0) is 50.8 Å². The molecule has 2 amide bonds. The van der Waals surface area contributed by atoms with Crippen molar-refractivity contribution in [3.05, 3.63) is 29.8 Å². The Kier molecular flexibility index (Phi) is 4.89. The lowest BCUT2D eigenvalue weighted by Gasteiger charge is -2.40. The van der Waals surface area contributed by atoms with Gasteiger partial charge in [0.05, 0.1) is 0 Å². The van der Waals surface area contributed by atoms with Gasteiger partial charge < -0.3 is 14.5 Å². The second kappa shape index (κ2) is 6.48. The van der Waals surface area contributed by atoms with E-state index >= 15 is 0 Å². The van der Waals surface area contributed by atoms with Gasteiger partial charge in [0, 0.05) is 32.1 Å². The predicted molar refractivity (Wildman–Crippen MR) is 103 cm³/mol. The Balaban J connectivity index is 1.55. The fourth-order valence-electron chi connectivity index (χ4n) is 3.48. The third-order valence-electron chi connectivity index (χ3n) is 5.10. The lowest BCUT2D eigenvalue weighted by Crippen LogP contribution is -2.52. The van der Waals surface area contributed by atoms with Gasteiger partial charge in [0.1, 0.15) is 10.5 Å². The van der Waals surface area contributed by atoms with Crippen molar-refractivity contribution in [3.63, 3.8) is 0 Å². The molecular formula is C19H25F5N2O3S. The highest BCUT2D eigenvalue weighted by atomic mass is 32.5. The maximum Gasteiger partial charge on any atom is 0.410 e. The van der Waals surface area contributed by atoms with Crippen molar-refractivity contribution in [1.29, 1.82) is 0 Å². The molecule has 1 saturated heterocycles. The van der Waals surface area contributed by atoms with Crippen LogP contribution in [0.5, 0.6) is 0 Å². The van der Waals surface area contributed by atoms with Crippen LogP contribution < -0.4 is 0 Å². The van der Waals surface area contributed by atoms with E-state index in [1.807, 2.05) is 0 Å². The summed E-state index contributed by atoms with van der Waals surface area (Å²) in [6.45, 7) is 6.63. The van der Waals surface area contributed by atoms with Crippen molar-refractivity contribution in [2.45, 2.75) is 43.6 Å². The van der Waals surface area contributed by atoms with Crippen LogP contribution in [0.1, 0.15) is 38.7 Å². The molecule has 2 atom stereocenters. The highest BCUT2D eigenvalue weighted by molar-refractivity contribution is 8.45. The molecule has 1 aromatic carbocycles. The lowest BCUT2D eigenvalue weighted by atomic mass is 10.1. The smallest absolute Gasteiger partial charge is 0.410 e. The Morgan fingerprint density at radius 3 is 1.90 bits per heavy atom. The Labute approximate surface area is 171 Å². The van der Waals surface area contributed by atoms with Crippen LogP contribution in [0.3, 0.4) is 0 Å². The number of halogens is 5. The van der Waals surface area contributed by atoms with E-state index in [0.29, 0.717) is 50.3 Å². The molecule has 0 radical (unpaired) electrons. The molecule has 5 nitrogen and oxygen atoms in total. The SMILES string of the molecule is CC(C)(C)OC(=O)N1CCN(C(=O)C2CC2c2ccc(S(F)(F)(F)(F)F)cc2)CC1. The fraction of sp³-hybridized carbons (Fsp3) is 0.579. The number of benzene rings is 1. The third-order valence-corrected chi connectivity index (χ3v) is 6.27. The summed E-state index contributed by atoms with van der Waals surface area (Å²) in [5.41, 5.74) is -0.176. The van der Waals surface area contributed by atoms with E-state index in [9.17, 15) is 29.0 Å². The Hall–Kier alpha value is -2.04. The summed E-state index contributed by atoms with van der Waals surface area (Å²) >= 11 is 0. The topological polar surface area (TPSA) is 49.9 Å². The molecule has 1 heterocycles. The van der Waals surface area contributed by atoms with Crippen LogP contribution in [0.2, 0.25) is 0 Å². The maximum atomic E-state index is 12.8. The van der Waals surface area contributed by atoms with Gasteiger partial charge in [-0.2, -0.15) is 0 Å². The molecule has 170 valence electrons. The highest BCUT2D eigenvalue weighted by Crippen LogP contribution is 3.02. The van der Waals surface area contributed by atoms with E-state index in [4.69, 9.17) is 4.74 Å². The molecule has 1 saturated carbocycles. The van der Waals surface area contributed by atoms with Gasteiger partial charge in [0.15, 0.2) is 0 Å². The molecule has 11 heteroatoms. The van der Waals surface area contributed by atoms with Crippen LogP contribution in [0.25, 0.3) is 0 Å². The van der Waals surface area contributed by atoms with E-state index in [0.717, 1.165) is 12.1 Å².